The molecule has 3 rings (SSSR count). The molecule has 0 aliphatic heterocycles. The van der Waals surface area contributed by atoms with Crippen LogP contribution in [0.25, 0.3) is 11.3 Å². The minimum atomic E-state index is -0.812. The first-order valence-corrected chi connectivity index (χ1v) is 8.07. The van der Waals surface area contributed by atoms with Crippen molar-refractivity contribution in [1.29, 1.82) is 0 Å². The molecule has 2 aromatic heterocycles. The van der Waals surface area contributed by atoms with E-state index in [4.69, 9.17) is 0 Å². The van der Waals surface area contributed by atoms with Crippen molar-refractivity contribution in [2.24, 2.45) is 0 Å². The topological polar surface area (TPSA) is 66.0 Å². The Bertz CT molecular complexity index is 631. The summed E-state index contributed by atoms with van der Waals surface area (Å²) < 4.78 is 1.11. The number of nitrogens with one attached hydrogen (secondary N) is 1. The van der Waals surface area contributed by atoms with Gasteiger partial charge in [0.15, 0.2) is 0 Å². The van der Waals surface area contributed by atoms with Crippen LogP contribution in [0.4, 0.5) is 0 Å². The normalized spacial score (nSPS) is 13.1. The molecule has 1 aliphatic carbocycles. The molecule has 0 fully saturated rings. The van der Waals surface area contributed by atoms with Crippen molar-refractivity contribution in [2.45, 2.75) is 30.4 Å². The number of aromatic nitrogens is 2. The largest absolute Gasteiger partial charge is 0.477 e. The molecule has 1 aliphatic rings. The second-order valence-electron chi connectivity index (χ2n) is 4.50. The van der Waals surface area contributed by atoms with E-state index in [1.54, 1.807) is 11.8 Å². The Morgan fingerprint density at radius 1 is 1.58 bits per heavy atom. The molecular weight excluding hydrogens is 280 g/mol. The quantitative estimate of drug-likeness (QED) is 0.848. The highest BCUT2D eigenvalue weighted by atomic mass is 32.2. The van der Waals surface area contributed by atoms with Gasteiger partial charge in [0.05, 0.1) is 16.1 Å². The maximum absolute atomic E-state index is 11.4. The summed E-state index contributed by atoms with van der Waals surface area (Å²) in [6, 6.07) is 0. The van der Waals surface area contributed by atoms with Gasteiger partial charge in [-0.25, -0.2) is 4.79 Å². The number of hydrogen-bond donors (Lipinski definition) is 2. The molecule has 2 heterocycles. The number of carboxylic acid groups (broad SMARTS) is 1. The van der Waals surface area contributed by atoms with Crippen molar-refractivity contribution in [3.05, 3.63) is 22.2 Å². The van der Waals surface area contributed by atoms with Gasteiger partial charge in [-0.1, -0.05) is 6.92 Å². The van der Waals surface area contributed by atoms with Gasteiger partial charge in [0.2, 0.25) is 0 Å². The number of aromatic amines is 1. The van der Waals surface area contributed by atoms with Gasteiger partial charge in [-0.2, -0.15) is 5.10 Å². The zero-order valence-electron chi connectivity index (χ0n) is 10.5. The van der Waals surface area contributed by atoms with Crippen molar-refractivity contribution < 1.29 is 9.90 Å². The number of carboxylic acids is 1. The van der Waals surface area contributed by atoms with Crippen molar-refractivity contribution >= 4 is 29.1 Å². The maximum Gasteiger partial charge on any atom is 0.346 e. The Hall–Kier alpha value is -1.27. The molecule has 0 saturated carbocycles. The van der Waals surface area contributed by atoms with Gasteiger partial charge in [0, 0.05) is 5.56 Å². The molecule has 0 spiro atoms. The predicted octanol–water partition coefficient (Wildman–Crippen LogP) is 3.44. The van der Waals surface area contributed by atoms with E-state index in [9.17, 15) is 9.90 Å². The first-order chi connectivity index (χ1) is 9.22. The highest BCUT2D eigenvalue weighted by Gasteiger charge is 2.29. The van der Waals surface area contributed by atoms with Crippen LogP contribution in [0.3, 0.4) is 0 Å². The van der Waals surface area contributed by atoms with Crippen molar-refractivity contribution in [3.8, 4) is 11.3 Å². The number of aryl methyl sites for hydroxylation is 1. The fourth-order valence-corrected chi connectivity index (χ4v) is 4.80. The number of H-pyrrole nitrogens is 1. The van der Waals surface area contributed by atoms with Crippen LogP contribution in [0.5, 0.6) is 0 Å². The van der Waals surface area contributed by atoms with Crippen molar-refractivity contribution in [1.82, 2.24) is 10.2 Å². The Morgan fingerprint density at radius 2 is 2.42 bits per heavy atom. The summed E-state index contributed by atoms with van der Waals surface area (Å²) in [6.45, 7) is 2.13. The van der Waals surface area contributed by atoms with E-state index in [0.717, 1.165) is 46.0 Å². The van der Waals surface area contributed by atoms with E-state index in [1.165, 1.54) is 16.9 Å². The lowest BCUT2D eigenvalue weighted by Gasteiger charge is -2.13. The minimum absolute atomic E-state index is 0.494. The standard InChI is InChI=1S/C13H14N2O2S2/c1-2-5-18-13-9-8(11(19-13)12(16)17)4-3-7-6-14-15-10(7)9/h6H,2-5H2,1H3,(H,14,15)(H,16,17). The minimum Gasteiger partial charge on any atom is -0.477 e. The van der Waals surface area contributed by atoms with E-state index in [-0.39, 0.29) is 0 Å². The number of aromatic carboxylic acids is 1. The summed E-state index contributed by atoms with van der Waals surface area (Å²) in [5.41, 5.74) is 4.27. The van der Waals surface area contributed by atoms with Crippen LogP contribution in [0.1, 0.15) is 34.1 Å². The fourth-order valence-electron chi connectivity index (χ4n) is 2.38. The zero-order valence-corrected chi connectivity index (χ0v) is 12.2. The van der Waals surface area contributed by atoms with Crippen LogP contribution in [0, 0.1) is 0 Å². The third kappa shape index (κ3) is 2.08. The van der Waals surface area contributed by atoms with Gasteiger partial charge in [0.1, 0.15) is 4.88 Å². The number of carbonyl (C=O) groups is 1. The fraction of sp³-hybridized carbons (Fsp3) is 0.385. The predicted molar refractivity (Wildman–Crippen MR) is 77.3 cm³/mol. The first kappa shape index (κ1) is 12.7. The number of rotatable bonds is 4. The van der Waals surface area contributed by atoms with Crippen LogP contribution in [-0.2, 0) is 12.8 Å². The lowest BCUT2D eigenvalue weighted by Crippen LogP contribution is -2.05. The summed E-state index contributed by atoms with van der Waals surface area (Å²) in [5.74, 6) is 0.197. The van der Waals surface area contributed by atoms with Crippen LogP contribution >= 0.6 is 23.1 Å². The first-order valence-electron chi connectivity index (χ1n) is 6.26. The number of nitrogens with zero attached hydrogens (tertiary/aromatic N) is 1. The van der Waals surface area contributed by atoms with E-state index in [0.29, 0.717) is 4.88 Å². The second kappa shape index (κ2) is 5.02. The molecule has 0 unspecified atom stereocenters. The summed E-state index contributed by atoms with van der Waals surface area (Å²) in [5, 5.41) is 16.5. The molecule has 0 aromatic carbocycles. The van der Waals surface area contributed by atoms with E-state index in [1.807, 2.05) is 6.20 Å². The highest BCUT2D eigenvalue weighted by molar-refractivity contribution is 8.01. The van der Waals surface area contributed by atoms with Crippen LogP contribution in [0.15, 0.2) is 10.4 Å². The molecule has 2 N–H and O–H groups in total. The van der Waals surface area contributed by atoms with Gasteiger partial charge >= 0.3 is 5.97 Å². The smallest absolute Gasteiger partial charge is 0.346 e. The number of hydrogen-bond acceptors (Lipinski definition) is 4. The average Bonchev–Trinajstić information content (AvgIpc) is 2.99. The molecule has 0 radical (unpaired) electrons. The lowest BCUT2D eigenvalue weighted by atomic mass is 9.92. The van der Waals surface area contributed by atoms with E-state index in [2.05, 4.69) is 17.1 Å². The van der Waals surface area contributed by atoms with Gasteiger partial charge in [-0.3, -0.25) is 5.10 Å². The molecule has 0 amide bonds. The maximum atomic E-state index is 11.4. The second-order valence-corrected chi connectivity index (χ2v) is 6.88. The summed E-state index contributed by atoms with van der Waals surface area (Å²) in [6.07, 6.45) is 4.60. The van der Waals surface area contributed by atoms with Gasteiger partial charge in [-0.15, -0.1) is 23.1 Å². The number of thioether (sulfide) groups is 1. The lowest BCUT2D eigenvalue weighted by molar-refractivity contribution is 0.0701. The van der Waals surface area contributed by atoms with Gasteiger partial charge in [0.25, 0.3) is 0 Å². The zero-order chi connectivity index (χ0) is 13.4. The number of fused-ring (bicyclic) bond motifs is 3. The van der Waals surface area contributed by atoms with E-state index >= 15 is 0 Å². The molecule has 19 heavy (non-hydrogen) atoms. The van der Waals surface area contributed by atoms with Gasteiger partial charge in [-0.05, 0) is 36.1 Å². The molecule has 0 bridgehead atoms. The molecule has 6 heteroatoms. The average molecular weight is 294 g/mol. The van der Waals surface area contributed by atoms with Crippen LogP contribution in [-0.4, -0.2) is 27.0 Å². The summed E-state index contributed by atoms with van der Waals surface area (Å²) in [7, 11) is 0. The molecule has 0 saturated heterocycles. The monoisotopic (exact) mass is 294 g/mol. The Labute approximate surface area is 119 Å². The molecule has 0 atom stereocenters. The Kier molecular flexibility index (Phi) is 3.36. The van der Waals surface area contributed by atoms with Crippen molar-refractivity contribution in [2.75, 3.05) is 5.75 Å². The van der Waals surface area contributed by atoms with Crippen LogP contribution < -0.4 is 0 Å². The molecule has 4 nitrogen and oxygen atoms in total. The van der Waals surface area contributed by atoms with Crippen molar-refractivity contribution in [3.63, 3.8) is 0 Å². The van der Waals surface area contributed by atoms with E-state index < -0.39 is 5.97 Å². The third-order valence-corrected chi connectivity index (χ3v) is 5.92. The highest BCUT2D eigenvalue weighted by Crippen LogP contribution is 2.46. The molecule has 2 aromatic rings. The Balaban J connectivity index is 2.15. The Morgan fingerprint density at radius 3 is 3.16 bits per heavy atom. The molecular formula is C13H14N2O2S2. The number of thiophene rings is 1. The molecule has 100 valence electrons. The van der Waals surface area contributed by atoms with Gasteiger partial charge < -0.3 is 5.11 Å². The SMILES string of the molecule is CCCSc1sc(C(=O)O)c2c1-c1[nH]ncc1CC2. The van der Waals surface area contributed by atoms with Crippen LogP contribution in [0.2, 0.25) is 0 Å². The third-order valence-electron chi connectivity index (χ3n) is 3.22. The summed E-state index contributed by atoms with van der Waals surface area (Å²) >= 11 is 3.15. The summed E-state index contributed by atoms with van der Waals surface area (Å²) in [4.78, 5) is 11.9.